The van der Waals surface area contributed by atoms with Gasteiger partial charge in [-0.25, -0.2) is 5.43 Å². The Bertz CT molecular complexity index is 775. The minimum Gasteiger partial charge on any atom is -0.349 e. The molecule has 130 valence electrons. The number of carbonyl (C=O) groups excluding carboxylic acids is 2. The molecule has 2 N–H and O–H groups in total. The topological polar surface area (TPSA) is 70.6 Å². The maximum Gasteiger partial charge on any atom is 0.271 e. The Balaban J connectivity index is 1.86. The number of carbonyl (C=O) groups is 2. The van der Waals surface area contributed by atoms with E-state index in [1.165, 1.54) is 0 Å². The molecule has 0 aliphatic rings. The summed E-state index contributed by atoms with van der Waals surface area (Å²) in [6, 6.07) is 16.9. The molecule has 0 spiro atoms. The number of rotatable bonds is 6. The van der Waals surface area contributed by atoms with E-state index >= 15 is 0 Å². The molecule has 0 radical (unpaired) electrons. The van der Waals surface area contributed by atoms with E-state index in [1.54, 1.807) is 19.1 Å². The molecule has 0 aliphatic carbocycles. The summed E-state index contributed by atoms with van der Waals surface area (Å²) >= 11 is 2.14. The van der Waals surface area contributed by atoms with Gasteiger partial charge in [-0.05, 0) is 60.2 Å². The number of amides is 2. The van der Waals surface area contributed by atoms with Gasteiger partial charge in [0.1, 0.15) is 0 Å². The molecular weight excluding hydrogens is 429 g/mol. The molecule has 6 heteroatoms. The van der Waals surface area contributed by atoms with Gasteiger partial charge in [0, 0.05) is 14.8 Å². The molecular formula is C19H20IN3O2. The Kier molecular flexibility index (Phi) is 7.12. The highest BCUT2D eigenvalue weighted by molar-refractivity contribution is 14.1. The number of hydrogen-bond donors (Lipinski definition) is 2. The Morgan fingerprint density at radius 2 is 1.84 bits per heavy atom. The third kappa shape index (κ3) is 6.30. The molecule has 0 unspecified atom stereocenters. The maximum atomic E-state index is 12.1. The van der Waals surface area contributed by atoms with Crippen molar-refractivity contribution in [1.29, 1.82) is 0 Å². The van der Waals surface area contributed by atoms with Crippen molar-refractivity contribution in [3.63, 3.8) is 0 Å². The zero-order chi connectivity index (χ0) is 18.2. The van der Waals surface area contributed by atoms with Crippen LogP contribution < -0.4 is 10.7 Å². The van der Waals surface area contributed by atoms with Crippen molar-refractivity contribution in [2.24, 2.45) is 5.10 Å². The summed E-state index contributed by atoms with van der Waals surface area (Å²) in [5.74, 6) is -0.433. The van der Waals surface area contributed by atoms with Crippen LogP contribution in [0.1, 0.15) is 42.2 Å². The van der Waals surface area contributed by atoms with Crippen LogP contribution >= 0.6 is 22.6 Å². The van der Waals surface area contributed by atoms with Crippen LogP contribution in [0.5, 0.6) is 0 Å². The first-order chi connectivity index (χ1) is 12.0. The lowest BCUT2D eigenvalue weighted by Gasteiger charge is -2.14. The highest BCUT2D eigenvalue weighted by Crippen LogP contribution is 2.11. The highest BCUT2D eigenvalue weighted by Gasteiger charge is 2.11. The van der Waals surface area contributed by atoms with Crippen LogP contribution in [0.2, 0.25) is 0 Å². The predicted molar refractivity (Wildman–Crippen MR) is 107 cm³/mol. The van der Waals surface area contributed by atoms with E-state index in [0.717, 1.165) is 9.13 Å². The van der Waals surface area contributed by atoms with Crippen molar-refractivity contribution in [3.05, 3.63) is 69.3 Å². The molecule has 1 atom stereocenters. The van der Waals surface area contributed by atoms with E-state index < -0.39 is 0 Å². The number of nitrogens with zero attached hydrogens (tertiary/aromatic N) is 1. The molecule has 25 heavy (non-hydrogen) atoms. The van der Waals surface area contributed by atoms with E-state index in [1.807, 2.05) is 49.4 Å². The van der Waals surface area contributed by atoms with Crippen molar-refractivity contribution in [1.82, 2.24) is 10.7 Å². The van der Waals surface area contributed by atoms with Gasteiger partial charge < -0.3 is 5.32 Å². The van der Waals surface area contributed by atoms with Gasteiger partial charge in [0.05, 0.1) is 12.5 Å². The van der Waals surface area contributed by atoms with Crippen LogP contribution in [0, 0.1) is 3.57 Å². The minimum absolute atomic E-state index is 0.0810. The molecule has 2 amide bonds. The number of benzene rings is 2. The minimum atomic E-state index is -0.295. The summed E-state index contributed by atoms with van der Waals surface area (Å²) in [5.41, 5.74) is 4.59. The molecule has 2 rings (SSSR count). The van der Waals surface area contributed by atoms with E-state index in [9.17, 15) is 9.59 Å². The quantitative estimate of drug-likeness (QED) is 0.402. The summed E-state index contributed by atoms with van der Waals surface area (Å²) < 4.78 is 0.972. The Morgan fingerprint density at radius 3 is 2.52 bits per heavy atom. The first-order valence-electron chi connectivity index (χ1n) is 7.89. The average Bonchev–Trinajstić information content (AvgIpc) is 2.60. The first-order valence-corrected chi connectivity index (χ1v) is 8.97. The van der Waals surface area contributed by atoms with E-state index in [-0.39, 0.29) is 24.3 Å². The van der Waals surface area contributed by atoms with Crippen LogP contribution in [0.25, 0.3) is 0 Å². The van der Waals surface area contributed by atoms with Crippen molar-refractivity contribution in [3.8, 4) is 0 Å². The molecule has 0 aliphatic heterocycles. The summed E-state index contributed by atoms with van der Waals surface area (Å²) in [6.45, 7) is 3.64. The fraction of sp³-hybridized carbons (Fsp3) is 0.211. The number of nitrogens with one attached hydrogen (secondary N) is 2. The summed E-state index contributed by atoms with van der Waals surface area (Å²) in [4.78, 5) is 24.1. The molecule has 0 saturated carbocycles. The average molecular weight is 449 g/mol. The standard InChI is InChI=1S/C19H20IN3O2/c1-13(22-23-19(25)16-9-6-10-17(20)12-16)11-18(24)21-14(2)15-7-4-3-5-8-15/h3-10,12,14H,11H2,1-2H3,(H,21,24)(H,23,25)/b22-13-/t14-/m0/s1. The van der Waals surface area contributed by atoms with Gasteiger partial charge in [-0.2, -0.15) is 5.10 Å². The molecule has 0 aromatic heterocycles. The third-order valence-corrected chi connectivity index (χ3v) is 4.20. The largest absolute Gasteiger partial charge is 0.349 e. The van der Waals surface area contributed by atoms with Crippen LogP contribution in [0.4, 0.5) is 0 Å². The van der Waals surface area contributed by atoms with Crippen LogP contribution in [0.15, 0.2) is 59.7 Å². The van der Waals surface area contributed by atoms with Gasteiger partial charge in [-0.3, -0.25) is 9.59 Å². The van der Waals surface area contributed by atoms with Gasteiger partial charge in [-0.1, -0.05) is 36.4 Å². The Morgan fingerprint density at radius 1 is 1.12 bits per heavy atom. The Labute approximate surface area is 161 Å². The second kappa shape index (κ2) is 9.31. The fourth-order valence-electron chi connectivity index (χ4n) is 2.23. The zero-order valence-electron chi connectivity index (χ0n) is 14.1. The Hall–Kier alpha value is -2.22. The third-order valence-electron chi connectivity index (χ3n) is 3.53. The van der Waals surface area contributed by atoms with Gasteiger partial charge in [0.15, 0.2) is 0 Å². The van der Waals surface area contributed by atoms with Gasteiger partial charge in [0.25, 0.3) is 5.91 Å². The smallest absolute Gasteiger partial charge is 0.271 e. The molecule has 0 fully saturated rings. The van der Waals surface area contributed by atoms with Crippen molar-refractivity contribution in [2.45, 2.75) is 26.3 Å². The van der Waals surface area contributed by atoms with Crippen LogP contribution in [0.3, 0.4) is 0 Å². The number of hydrogen-bond acceptors (Lipinski definition) is 3. The molecule has 2 aromatic rings. The molecule has 2 aromatic carbocycles. The summed E-state index contributed by atoms with van der Waals surface area (Å²) in [6.07, 6.45) is 0.129. The first kappa shape index (κ1) is 19.1. The molecule has 5 nitrogen and oxygen atoms in total. The molecule has 0 heterocycles. The van der Waals surface area contributed by atoms with Crippen molar-refractivity contribution < 1.29 is 9.59 Å². The zero-order valence-corrected chi connectivity index (χ0v) is 16.3. The fourth-order valence-corrected chi connectivity index (χ4v) is 2.77. The van der Waals surface area contributed by atoms with Crippen molar-refractivity contribution in [2.75, 3.05) is 0 Å². The second-order valence-electron chi connectivity index (χ2n) is 5.68. The van der Waals surface area contributed by atoms with Gasteiger partial charge >= 0.3 is 0 Å². The van der Waals surface area contributed by atoms with E-state index in [2.05, 4.69) is 38.4 Å². The van der Waals surface area contributed by atoms with Gasteiger partial charge in [-0.15, -0.1) is 0 Å². The highest BCUT2D eigenvalue weighted by atomic mass is 127. The molecule has 0 saturated heterocycles. The SMILES string of the molecule is C/C(CC(=O)N[C@@H](C)c1ccccc1)=N/NC(=O)c1cccc(I)c1. The summed E-state index contributed by atoms with van der Waals surface area (Å²) in [7, 11) is 0. The van der Waals surface area contributed by atoms with Crippen LogP contribution in [-0.4, -0.2) is 17.5 Å². The predicted octanol–water partition coefficient (Wildman–Crippen LogP) is 3.66. The van der Waals surface area contributed by atoms with Crippen LogP contribution in [-0.2, 0) is 4.79 Å². The molecule has 0 bridgehead atoms. The normalized spacial score (nSPS) is 12.4. The van der Waals surface area contributed by atoms with Crippen molar-refractivity contribution >= 4 is 40.1 Å². The van der Waals surface area contributed by atoms with E-state index in [4.69, 9.17) is 0 Å². The lowest BCUT2D eigenvalue weighted by atomic mass is 10.1. The monoisotopic (exact) mass is 449 g/mol. The van der Waals surface area contributed by atoms with Gasteiger partial charge in [0.2, 0.25) is 5.91 Å². The van der Waals surface area contributed by atoms with E-state index in [0.29, 0.717) is 11.3 Å². The summed E-state index contributed by atoms with van der Waals surface area (Å²) in [5, 5.41) is 6.92. The number of halogens is 1. The number of hydrazone groups is 1. The maximum absolute atomic E-state index is 12.1. The second-order valence-corrected chi connectivity index (χ2v) is 6.92. The lowest BCUT2D eigenvalue weighted by molar-refractivity contribution is -0.120. The lowest BCUT2D eigenvalue weighted by Crippen LogP contribution is -2.28.